The van der Waals surface area contributed by atoms with Gasteiger partial charge in [0.25, 0.3) is 0 Å². The fourth-order valence-electron chi connectivity index (χ4n) is 2.16. The molecule has 0 fully saturated rings. The van der Waals surface area contributed by atoms with Gasteiger partial charge in [0, 0.05) is 10.6 Å². The van der Waals surface area contributed by atoms with Gasteiger partial charge in [-0.2, -0.15) is 4.72 Å². The molecule has 0 aliphatic carbocycles. The minimum absolute atomic E-state index is 0.0146. The Morgan fingerprint density at radius 3 is 2.62 bits per heavy atom. The zero-order valence-corrected chi connectivity index (χ0v) is 16.1. The standard InChI is InChI=1S/C17H19FN2O4S2/c1-11(17(21)19-13-5-4-6-14(10-13)25-3)20-26(22,23)16-9-12(18)7-8-15(16)24-2/h4-11,20H,1-3H3,(H,19,21). The van der Waals surface area contributed by atoms with E-state index in [1.165, 1.54) is 31.9 Å². The monoisotopic (exact) mass is 398 g/mol. The number of methoxy groups -OCH3 is 1. The Kier molecular flexibility index (Phi) is 6.63. The highest BCUT2D eigenvalue weighted by molar-refractivity contribution is 7.98. The summed E-state index contributed by atoms with van der Waals surface area (Å²) in [4.78, 5) is 12.9. The molecule has 0 heterocycles. The summed E-state index contributed by atoms with van der Waals surface area (Å²) in [6, 6.07) is 9.22. The lowest BCUT2D eigenvalue weighted by Crippen LogP contribution is -2.41. The molecule has 0 saturated heterocycles. The maximum Gasteiger partial charge on any atom is 0.245 e. The van der Waals surface area contributed by atoms with Crippen LogP contribution in [-0.4, -0.2) is 33.7 Å². The van der Waals surface area contributed by atoms with Crippen molar-refractivity contribution < 1.29 is 22.3 Å². The summed E-state index contributed by atoms with van der Waals surface area (Å²) in [5.74, 6) is -1.28. The average molecular weight is 398 g/mol. The van der Waals surface area contributed by atoms with Gasteiger partial charge >= 0.3 is 0 Å². The number of rotatable bonds is 7. The van der Waals surface area contributed by atoms with E-state index in [1.54, 1.807) is 18.2 Å². The number of anilines is 1. The first-order valence-corrected chi connectivity index (χ1v) is 10.3. The Labute approximate surface area is 156 Å². The van der Waals surface area contributed by atoms with Crippen LogP contribution in [0.4, 0.5) is 10.1 Å². The van der Waals surface area contributed by atoms with Gasteiger partial charge in [0.05, 0.1) is 13.2 Å². The van der Waals surface area contributed by atoms with Crippen LogP contribution < -0.4 is 14.8 Å². The number of sulfonamides is 1. The molecule has 9 heteroatoms. The lowest BCUT2D eigenvalue weighted by molar-refractivity contribution is -0.117. The molecule has 2 aromatic rings. The van der Waals surface area contributed by atoms with E-state index < -0.39 is 27.8 Å². The molecule has 1 unspecified atom stereocenters. The molecule has 0 radical (unpaired) electrons. The van der Waals surface area contributed by atoms with E-state index in [2.05, 4.69) is 10.0 Å². The maximum atomic E-state index is 13.4. The van der Waals surface area contributed by atoms with Gasteiger partial charge in [-0.3, -0.25) is 4.79 Å². The molecular formula is C17H19FN2O4S2. The molecule has 1 atom stereocenters. The second kappa shape index (κ2) is 8.52. The van der Waals surface area contributed by atoms with E-state index in [1.807, 2.05) is 12.3 Å². The molecule has 0 bridgehead atoms. The second-order valence-electron chi connectivity index (χ2n) is 5.36. The predicted molar refractivity (Wildman–Crippen MR) is 99.6 cm³/mol. The highest BCUT2D eigenvalue weighted by Gasteiger charge is 2.25. The average Bonchev–Trinajstić information content (AvgIpc) is 2.61. The number of amides is 1. The van der Waals surface area contributed by atoms with Crippen molar-refractivity contribution >= 4 is 33.4 Å². The summed E-state index contributed by atoms with van der Waals surface area (Å²) in [7, 11) is -2.88. The molecular weight excluding hydrogens is 379 g/mol. The van der Waals surface area contributed by atoms with Gasteiger partial charge < -0.3 is 10.1 Å². The number of thioether (sulfide) groups is 1. The first-order chi connectivity index (χ1) is 12.3. The van der Waals surface area contributed by atoms with E-state index in [0.29, 0.717) is 5.69 Å². The number of nitrogens with one attached hydrogen (secondary N) is 2. The Morgan fingerprint density at radius 2 is 1.96 bits per heavy atom. The molecule has 0 spiro atoms. The predicted octanol–water partition coefficient (Wildman–Crippen LogP) is 2.86. The third-order valence-corrected chi connectivity index (χ3v) is 5.76. The van der Waals surface area contributed by atoms with Crippen LogP contribution in [0, 0.1) is 5.82 Å². The van der Waals surface area contributed by atoms with Gasteiger partial charge in [-0.15, -0.1) is 11.8 Å². The van der Waals surface area contributed by atoms with Gasteiger partial charge in [-0.05, 0) is 49.6 Å². The number of carbonyl (C=O) groups excluding carboxylic acids is 1. The smallest absolute Gasteiger partial charge is 0.245 e. The number of hydrogen-bond donors (Lipinski definition) is 2. The van der Waals surface area contributed by atoms with Crippen molar-refractivity contribution in [2.24, 2.45) is 0 Å². The minimum atomic E-state index is -4.15. The summed E-state index contributed by atoms with van der Waals surface area (Å²) < 4.78 is 45.6. The third-order valence-electron chi connectivity index (χ3n) is 3.48. The SMILES string of the molecule is COc1ccc(F)cc1S(=O)(=O)NC(C)C(=O)Nc1cccc(SC)c1. The topological polar surface area (TPSA) is 84.5 Å². The Balaban J connectivity index is 2.16. The van der Waals surface area contributed by atoms with Gasteiger partial charge in [0.2, 0.25) is 15.9 Å². The van der Waals surface area contributed by atoms with Crippen molar-refractivity contribution in [3.05, 3.63) is 48.3 Å². The lowest BCUT2D eigenvalue weighted by atomic mass is 10.3. The van der Waals surface area contributed by atoms with Crippen molar-refractivity contribution in [2.75, 3.05) is 18.7 Å². The van der Waals surface area contributed by atoms with Crippen molar-refractivity contribution in [1.82, 2.24) is 4.72 Å². The summed E-state index contributed by atoms with van der Waals surface area (Å²) in [6.45, 7) is 1.40. The molecule has 1 amide bonds. The number of hydrogen-bond acceptors (Lipinski definition) is 5. The fraction of sp³-hybridized carbons (Fsp3) is 0.235. The molecule has 2 aromatic carbocycles. The van der Waals surface area contributed by atoms with Crippen molar-refractivity contribution in [2.45, 2.75) is 22.8 Å². The van der Waals surface area contributed by atoms with Crippen LogP contribution >= 0.6 is 11.8 Å². The van der Waals surface area contributed by atoms with Gasteiger partial charge in [0.15, 0.2) is 0 Å². The zero-order valence-electron chi connectivity index (χ0n) is 14.4. The minimum Gasteiger partial charge on any atom is -0.495 e. The summed E-state index contributed by atoms with van der Waals surface area (Å²) in [6.07, 6.45) is 1.91. The molecule has 0 aliphatic rings. The van der Waals surface area contributed by atoms with E-state index in [9.17, 15) is 17.6 Å². The van der Waals surface area contributed by atoms with Crippen molar-refractivity contribution in [3.8, 4) is 5.75 Å². The Hall–Kier alpha value is -2.10. The molecule has 0 saturated carbocycles. The number of ether oxygens (including phenoxy) is 1. The molecule has 140 valence electrons. The normalized spacial score (nSPS) is 12.5. The van der Waals surface area contributed by atoms with Crippen molar-refractivity contribution in [1.29, 1.82) is 0 Å². The molecule has 26 heavy (non-hydrogen) atoms. The van der Waals surface area contributed by atoms with Gasteiger partial charge in [-0.1, -0.05) is 6.07 Å². The lowest BCUT2D eigenvalue weighted by Gasteiger charge is -2.16. The first-order valence-electron chi connectivity index (χ1n) is 7.57. The van der Waals surface area contributed by atoms with E-state index in [4.69, 9.17) is 4.74 Å². The highest BCUT2D eigenvalue weighted by Crippen LogP contribution is 2.24. The molecule has 6 nitrogen and oxygen atoms in total. The summed E-state index contributed by atoms with van der Waals surface area (Å²) >= 11 is 1.52. The number of carbonyl (C=O) groups is 1. The van der Waals surface area contributed by atoms with Crippen LogP contribution in [0.3, 0.4) is 0 Å². The van der Waals surface area contributed by atoms with Crippen LogP contribution in [0.5, 0.6) is 5.75 Å². The van der Waals surface area contributed by atoms with Gasteiger partial charge in [0.1, 0.15) is 16.5 Å². The maximum absolute atomic E-state index is 13.4. The summed E-state index contributed by atoms with van der Waals surface area (Å²) in [5, 5.41) is 2.65. The zero-order chi connectivity index (χ0) is 19.3. The first kappa shape index (κ1) is 20.2. The van der Waals surface area contributed by atoms with E-state index >= 15 is 0 Å². The molecule has 0 aromatic heterocycles. The quantitative estimate of drug-likeness (QED) is 0.701. The highest BCUT2D eigenvalue weighted by atomic mass is 32.2. The van der Waals surface area contributed by atoms with Crippen LogP contribution in [0.25, 0.3) is 0 Å². The number of benzene rings is 2. The Morgan fingerprint density at radius 1 is 1.23 bits per heavy atom. The van der Waals surface area contributed by atoms with Crippen LogP contribution in [0.1, 0.15) is 6.92 Å². The second-order valence-corrected chi connectivity index (χ2v) is 7.92. The Bertz CT molecular complexity index is 903. The number of halogens is 1. The molecule has 2 rings (SSSR count). The van der Waals surface area contributed by atoms with Crippen LogP contribution in [0.2, 0.25) is 0 Å². The fourth-order valence-corrected chi connectivity index (χ4v) is 4.00. The third kappa shape index (κ3) is 4.96. The molecule has 0 aliphatic heterocycles. The van der Waals surface area contributed by atoms with Gasteiger partial charge in [-0.25, -0.2) is 12.8 Å². The van der Waals surface area contributed by atoms with Crippen LogP contribution in [0.15, 0.2) is 52.3 Å². The molecule has 2 N–H and O–H groups in total. The summed E-state index contributed by atoms with van der Waals surface area (Å²) in [5.41, 5.74) is 0.552. The van der Waals surface area contributed by atoms with Crippen molar-refractivity contribution in [3.63, 3.8) is 0 Å². The van der Waals surface area contributed by atoms with E-state index in [0.717, 1.165) is 17.0 Å². The van der Waals surface area contributed by atoms with E-state index in [-0.39, 0.29) is 10.6 Å². The largest absolute Gasteiger partial charge is 0.495 e. The van der Waals surface area contributed by atoms with Crippen LogP contribution in [-0.2, 0) is 14.8 Å².